The average Bonchev–Trinajstić information content (AvgIpc) is 2.63. The Morgan fingerprint density at radius 2 is 1.79 bits per heavy atom. The minimum Gasteiger partial charge on any atom is -0.310 e. The maximum absolute atomic E-state index is 6.52. The van der Waals surface area contributed by atoms with Crippen molar-refractivity contribution in [3.8, 4) is 0 Å². The maximum atomic E-state index is 6.52. The van der Waals surface area contributed by atoms with Gasteiger partial charge in [-0.2, -0.15) is 0 Å². The summed E-state index contributed by atoms with van der Waals surface area (Å²) in [6.07, 6.45) is 6.66. The first kappa shape index (κ1) is 17.5. The molecule has 0 saturated carbocycles. The Bertz CT molecular complexity index is 664. The molecule has 0 spiro atoms. The first-order chi connectivity index (χ1) is 11.7. The Kier molecular flexibility index (Phi) is 6.37. The molecule has 0 aromatic heterocycles. The molecule has 2 aromatic rings. The van der Waals surface area contributed by atoms with E-state index >= 15 is 0 Å². The van der Waals surface area contributed by atoms with Gasteiger partial charge in [0.15, 0.2) is 0 Å². The van der Waals surface area contributed by atoms with Crippen LogP contribution in [0.4, 0.5) is 0 Å². The highest BCUT2D eigenvalue weighted by Crippen LogP contribution is 2.29. The third-order valence-electron chi connectivity index (χ3n) is 4.61. The van der Waals surface area contributed by atoms with Crippen molar-refractivity contribution in [1.29, 1.82) is 0 Å². The Morgan fingerprint density at radius 3 is 2.54 bits per heavy atom. The van der Waals surface area contributed by atoms with Crippen LogP contribution in [0.25, 0.3) is 5.57 Å². The SMILES string of the molecule is Clc1ccc(C2=CCNC(CCCC(Cl)c3ccccc3)C2)cc1. The Morgan fingerprint density at radius 1 is 1.04 bits per heavy atom. The van der Waals surface area contributed by atoms with Gasteiger partial charge in [-0.25, -0.2) is 0 Å². The van der Waals surface area contributed by atoms with E-state index in [9.17, 15) is 0 Å². The Hall–Kier alpha value is -1.28. The summed E-state index contributed by atoms with van der Waals surface area (Å²) in [6, 6.07) is 19.0. The molecule has 2 unspecified atom stereocenters. The topological polar surface area (TPSA) is 12.0 Å². The van der Waals surface area contributed by atoms with Crippen LogP contribution in [0, 0.1) is 0 Å². The van der Waals surface area contributed by atoms with E-state index in [4.69, 9.17) is 23.2 Å². The molecule has 24 heavy (non-hydrogen) atoms. The Labute approximate surface area is 154 Å². The molecule has 0 saturated heterocycles. The summed E-state index contributed by atoms with van der Waals surface area (Å²) in [7, 11) is 0. The summed E-state index contributed by atoms with van der Waals surface area (Å²) >= 11 is 12.5. The van der Waals surface area contributed by atoms with E-state index in [1.165, 1.54) is 16.7 Å². The van der Waals surface area contributed by atoms with Crippen LogP contribution in [0.15, 0.2) is 60.7 Å². The van der Waals surface area contributed by atoms with Crippen LogP contribution in [-0.2, 0) is 0 Å². The lowest BCUT2D eigenvalue weighted by Crippen LogP contribution is -2.32. The Balaban J connectivity index is 1.48. The fraction of sp³-hybridized carbons (Fsp3) is 0.333. The molecular formula is C21H23Cl2N. The van der Waals surface area contributed by atoms with Crippen LogP contribution in [0.2, 0.25) is 5.02 Å². The highest BCUT2D eigenvalue weighted by atomic mass is 35.5. The summed E-state index contributed by atoms with van der Waals surface area (Å²) in [6.45, 7) is 0.936. The second-order valence-electron chi connectivity index (χ2n) is 6.35. The molecule has 0 bridgehead atoms. The van der Waals surface area contributed by atoms with E-state index in [-0.39, 0.29) is 5.38 Å². The van der Waals surface area contributed by atoms with Crippen molar-refractivity contribution in [2.24, 2.45) is 0 Å². The predicted octanol–water partition coefficient (Wildman–Crippen LogP) is 6.24. The van der Waals surface area contributed by atoms with Crippen molar-refractivity contribution in [1.82, 2.24) is 5.32 Å². The second kappa shape index (κ2) is 8.71. The van der Waals surface area contributed by atoms with Gasteiger partial charge in [0.25, 0.3) is 0 Å². The van der Waals surface area contributed by atoms with Crippen LogP contribution in [0.5, 0.6) is 0 Å². The largest absolute Gasteiger partial charge is 0.310 e. The third-order valence-corrected chi connectivity index (χ3v) is 5.33. The van der Waals surface area contributed by atoms with Crippen LogP contribution >= 0.6 is 23.2 Å². The number of alkyl halides is 1. The number of rotatable bonds is 6. The first-order valence-electron chi connectivity index (χ1n) is 8.60. The van der Waals surface area contributed by atoms with Gasteiger partial charge in [0.05, 0.1) is 5.38 Å². The molecule has 1 aliphatic heterocycles. The molecule has 1 aliphatic rings. The molecule has 0 amide bonds. The van der Waals surface area contributed by atoms with Crippen LogP contribution in [0.1, 0.15) is 42.2 Å². The summed E-state index contributed by atoms with van der Waals surface area (Å²) in [5, 5.41) is 4.50. The second-order valence-corrected chi connectivity index (χ2v) is 7.32. The standard InChI is InChI=1S/C21H23Cl2N/c22-19-11-9-16(10-12-19)18-13-14-24-20(15-18)7-4-8-21(23)17-5-2-1-3-6-17/h1-3,5-6,9-13,20-21,24H,4,7-8,14-15H2. The van der Waals surface area contributed by atoms with Crippen LogP contribution in [-0.4, -0.2) is 12.6 Å². The van der Waals surface area contributed by atoms with E-state index < -0.39 is 0 Å². The van der Waals surface area contributed by atoms with E-state index in [1.807, 2.05) is 18.2 Å². The minimum atomic E-state index is 0.112. The maximum Gasteiger partial charge on any atom is 0.0585 e. The van der Waals surface area contributed by atoms with Crippen molar-refractivity contribution >= 4 is 28.8 Å². The molecule has 0 radical (unpaired) electrons. The van der Waals surface area contributed by atoms with Gasteiger partial charge in [-0.1, -0.05) is 66.6 Å². The predicted molar refractivity (Wildman–Crippen MR) is 105 cm³/mol. The number of benzene rings is 2. The lowest BCUT2D eigenvalue weighted by atomic mass is 9.92. The fourth-order valence-corrected chi connectivity index (χ4v) is 3.67. The van der Waals surface area contributed by atoms with E-state index in [0.29, 0.717) is 6.04 Å². The lowest BCUT2D eigenvalue weighted by Gasteiger charge is -2.25. The summed E-state index contributed by atoms with van der Waals surface area (Å²) in [5.74, 6) is 0. The highest BCUT2D eigenvalue weighted by Gasteiger charge is 2.16. The molecular weight excluding hydrogens is 337 g/mol. The highest BCUT2D eigenvalue weighted by molar-refractivity contribution is 6.30. The van der Waals surface area contributed by atoms with Gasteiger partial charge >= 0.3 is 0 Å². The molecule has 1 nitrogen and oxygen atoms in total. The molecule has 0 aliphatic carbocycles. The number of halogens is 2. The zero-order valence-corrected chi connectivity index (χ0v) is 15.2. The first-order valence-corrected chi connectivity index (χ1v) is 9.41. The quantitative estimate of drug-likeness (QED) is 0.602. The number of nitrogens with one attached hydrogen (secondary N) is 1. The van der Waals surface area contributed by atoms with Crippen molar-refractivity contribution in [3.05, 3.63) is 76.8 Å². The van der Waals surface area contributed by atoms with Crippen molar-refractivity contribution in [2.45, 2.75) is 37.1 Å². The van der Waals surface area contributed by atoms with Gasteiger partial charge in [0.2, 0.25) is 0 Å². The van der Waals surface area contributed by atoms with Crippen molar-refractivity contribution < 1.29 is 0 Å². The zero-order chi connectivity index (χ0) is 16.8. The molecule has 2 atom stereocenters. The fourth-order valence-electron chi connectivity index (χ4n) is 3.25. The van der Waals surface area contributed by atoms with Crippen LogP contribution in [0.3, 0.4) is 0 Å². The van der Waals surface area contributed by atoms with Crippen LogP contribution < -0.4 is 5.32 Å². The van der Waals surface area contributed by atoms with Gasteiger partial charge in [0.1, 0.15) is 0 Å². The summed E-state index contributed by atoms with van der Waals surface area (Å²) in [5.41, 5.74) is 3.92. The molecule has 3 heteroatoms. The summed E-state index contributed by atoms with van der Waals surface area (Å²) < 4.78 is 0. The third kappa shape index (κ3) is 4.86. The zero-order valence-electron chi connectivity index (χ0n) is 13.7. The monoisotopic (exact) mass is 359 g/mol. The normalized spacial score (nSPS) is 18.9. The van der Waals surface area contributed by atoms with Gasteiger partial charge in [0, 0.05) is 17.6 Å². The van der Waals surface area contributed by atoms with E-state index in [0.717, 1.165) is 37.3 Å². The summed E-state index contributed by atoms with van der Waals surface area (Å²) in [4.78, 5) is 0. The molecule has 2 aromatic carbocycles. The number of hydrogen-bond donors (Lipinski definition) is 1. The minimum absolute atomic E-state index is 0.112. The van der Waals surface area contributed by atoms with Crippen molar-refractivity contribution in [3.63, 3.8) is 0 Å². The smallest absolute Gasteiger partial charge is 0.0585 e. The van der Waals surface area contributed by atoms with E-state index in [1.54, 1.807) is 0 Å². The van der Waals surface area contributed by atoms with Gasteiger partial charge in [-0.3, -0.25) is 0 Å². The number of hydrogen-bond acceptors (Lipinski definition) is 1. The van der Waals surface area contributed by atoms with E-state index in [2.05, 4.69) is 47.8 Å². The molecule has 0 fully saturated rings. The van der Waals surface area contributed by atoms with Gasteiger partial charge < -0.3 is 5.32 Å². The molecule has 3 rings (SSSR count). The molecule has 126 valence electrons. The molecule has 1 heterocycles. The van der Waals surface area contributed by atoms with Crippen molar-refractivity contribution in [2.75, 3.05) is 6.54 Å². The average molecular weight is 360 g/mol. The lowest BCUT2D eigenvalue weighted by molar-refractivity contribution is 0.475. The van der Waals surface area contributed by atoms with Gasteiger partial charge in [-0.05, 0) is 48.1 Å². The van der Waals surface area contributed by atoms with Gasteiger partial charge in [-0.15, -0.1) is 11.6 Å². The molecule has 1 N–H and O–H groups in total.